The molecule has 1 aromatic heterocycles. The molecular weight excluding hydrogens is 288 g/mol. The van der Waals surface area contributed by atoms with Crippen molar-refractivity contribution in [1.29, 1.82) is 0 Å². The van der Waals surface area contributed by atoms with E-state index in [-0.39, 0.29) is 12.2 Å². The van der Waals surface area contributed by atoms with Crippen LogP contribution in [-0.2, 0) is 15.9 Å². The molecule has 2 unspecified atom stereocenters. The lowest BCUT2D eigenvalue weighted by molar-refractivity contribution is -0.0510. The lowest BCUT2D eigenvalue weighted by atomic mass is 10.0. The Labute approximate surface area is 138 Å². The van der Waals surface area contributed by atoms with Crippen molar-refractivity contribution in [2.75, 3.05) is 31.7 Å². The summed E-state index contributed by atoms with van der Waals surface area (Å²) in [5.41, 5.74) is 4.86. The molecule has 23 heavy (non-hydrogen) atoms. The lowest BCUT2D eigenvalue weighted by Gasteiger charge is -2.39. The molecule has 0 N–H and O–H groups in total. The first kappa shape index (κ1) is 16.2. The molecule has 1 aliphatic rings. The Balaban J connectivity index is 2.10. The van der Waals surface area contributed by atoms with E-state index in [1.807, 2.05) is 0 Å². The summed E-state index contributed by atoms with van der Waals surface area (Å²) in [5.74, 6) is 0. The molecule has 0 bridgehead atoms. The molecule has 1 saturated heterocycles. The molecule has 4 heteroatoms. The van der Waals surface area contributed by atoms with Gasteiger partial charge >= 0.3 is 0 Å². The highest BCUT2D eigenvalue weighted by atomic mass is 16.5. The van der Waals surface area contributed by atoms with Gasteiger partial charge in [0.25, 0.3) is 0 Å². The van der Waals surface area contributed by atoms with E-state index in [4.69, 9.17) is 14.5 Å². The number of hydrogen-bond donors (Lipinski definition) is 0. The van der Waals surface area contributed by atoms with Crippen LogP contribution in [0.2, 0.25) is 0 Å². The zero-order chi connectivity index (χ0) is 16.4. The van der Waals surface area contributed by atoms with Crippen molar-refractivity contribution < 1.29 is 9.47 Å². The third kappa shape index (κ3) is 3.19. The standard InChI is InChI=1S/C19H26N2O2/c1-5-16-14(3)20-18-9-7-6-8-17(18)19(16)21-10-13(2)23-15(11-21)12-22-4/h6-9,13,15H,5,10-12H2,1-4H3. The number of morpholine rings is 1. The number of methoxy groups -OCH3 is 1. The van der Waals surface area contributed by atoms with Crippen LogP contribution in [0.3, 0.4) is 0 Å². The zero-order valence-electron chi connectivity index (χ0n) is 14.5. The fourth-order valence-corrected chi connectivity index (χ4v) is 3.64. The summed E-state index contributed by atoms with van der Waals surface area (Å²) < 4.78 is 11.3. The highest BCUT2D eigenvalue weighted by Crippen LogP contribution is 2.34. The Morgan fingerprint density at radius 3 is 2.83 bits per heavy atom. The van der Waals surface area contributed by atoms with Crippen molar-refractivity contribution in [1.82, 2.24) is 4.98 Å². The normalized spacial score (nSPS) is 21.8. The van der Waals surface area contributed by atoms with Crippen molar-refractivity contribution >= 4 is 16.6 Å². The first-order valence-electron chi connectivity index (χ1n) is 8.41. The van der Waals surface area contributed by atoms with Crippen LogP contribution in [0.15, 0.2) is 24.3 Å². The second-order valence-corrected chi connectivity index (χ2v) is 6.32. The molecule has 0 saturated carbocycles. The number of para-hydroxylation sites is 1. The van der Waals surface area contributed by atoms with Crippen LogP contribution < -0.4 is 4.90 Å². The van der Waals surface area contributed by atoms with E-state index in [0.29, 0.717) is 6.61 Å². The second kappa shape index (κ2) is 6.85. The minimum Gasteiger partial charge on any atom is -0.382 e. The van der Waals surface area contributed by atoms with E-state index in [1.54, 1.807) is 7.11 Å². The molecule has 4 nitrogen and oxygen atoms in total. The molecule has 0 aliphatic carbocycles. The number of ether oxygens (including phenoxy) is 2. The molecule has 1 aromatic carbocycles. The van der Waals surface area contributed by atoms with Crippen molar-refractivity contribution in [2.24, 2.45) is 0 Å². The Morgan fingerprint density at radius 1 is 1.30 bits per heavy atom. The van der Waals surface area contributed by atoms with Crippen LogP contribution in [0, 0.1) is 6.92 Å². The molecule has 2 heterocycles. The fraction of sp³-hybridized carbons (Fsp3) is 0.526. The maximum absolute atomic E-state index is 6.01. The van der Waals surface area contributed by atoms with E-state index >= 15 is 0 Å². The van der Waals surface area contributed by atoms with Gasteiger partial charge < -0.3 is 14.4 Å². The van der Waals surface area contributed by atoms with Gasteiger partial charge in [0.15, 0.2) is 0 Å². The van der Waals surface area contributed by atoms with Crippen molar-refractivity contribution in [3.05, 3.63) is 35.5 Å². The Morgan fingerprint density at radius 2 is 2.09 bits per heavy atom. The summed E-state index contributed by atoms with van der Waals surface area (Å²) in [5, 5.41) is 1.24. The van der Waals surface area contributed by atoms with Gasteiger partial charge in [-0.2, -0.15) is 0 Å². The van der Waals surface area contributed by atoms with E-state index in [9.17, 15) is 0 Å². The van der Waals surface area contributed by atoms with Gasteiger partial charge in [-0.1, -0.05) is 25.1 Å². The van der Waals surface area contributed by atoms with E-state index in [2.05, 4.69) is 49.9 Å². The van der Waals surface area contributed by atoms with Crippen LogP contribution in [-0.4, -0.2) is 44.0 Å². The molecule has 1 aliphatic heterocycles. The molecule has 3 rings (SSSR count). The van der Waals surface area contributed by atoms with Crippen molar-refractivity contribution in [3.8, 4) is 0 Å². The minimum atomic E-state index is 0.112. The predicted octanol–water partition coefficient (Wildman–Crippen LogP) is 3.35. The number of pyridine rings is 1. The maximum Gasteiger partial charge on any atom is 0.0987 e. The average Bonchev–Trinajstić information content (AvgIpc) is 2.53. The van der Waals surface area contributed by atoms with Gasteiger partial charge in [-0.3, -0.25) is 4.98 Å². The summed E-state index contributed by atoms with van der Waals surface area (Å²) in [6, 6.07) is 8.43. The van der Waals surface area contributed by atoms with Crippen LogP contribution in [0.4, 0.5) is 5.69 Å². The second-order valence-electron chi connectivity index (χ2n) is 6.32. The smallest absolute Gasteiger partial charge is 0.0987 e. The summed E-state index contributed by atoms with van der Waals surface area (Å²) in [4.78, 5) is 7.26. The van der Waals surface area contributed by atoms with Gasteiger partial charge in [-0.05, 0) is 31.9 Å². The van der Waals surface area contributed by atoms with Gasteiger partial charge in [0.05, 0.1) is 30.0 Å². The van der Waals surface area contributed by atoms with Gasteiger partial charge in [-0.25, -0.2) is 0 Å². The molecule has 2 atom stereocenters. The first-order chi connectivity index (χ1) is 11.1. The minimum absolute atomic E-state index is 0.112. The van der Waals surface area contributed by atoms with Gasteiger partial charge in [0.1, 0.15) is 0 Å². The fourth-order valence-electron chi connectivity index (χ4n) is 3.64. The number of anilines is 1. The van der Waals surface area contributed by atoms with Crippen molar-refractivity contribution in [3.63, 3.8) is 0 Å². The number of aromatic nitrogens is 1. The summed E-state index contributed by atoms with van der Waals surface area (Å²) >= 11 is 0. The van der Waals surface area contributed by atoms with Gasteiger partial charge in [0, 0.05) is 31.3 Å². The van der Waals surface area contributed by atoms with Crippen LogP contribution >= 0.6 is 0 Å². The summed E-state index contributed by atoms with van der Waals surface area (Å²) in [7, 11) is 1.73. The van der Waals surface area contributed by atoms with Crippen LogP contribution in [0.25, 0.3) is 10.9 Å². The van der Waals surface area contributed by atoms with E-state index < -0.39 is 0 Å². The summed E-state index contributed by atoms with van der Waals surface area (Å²) in [6.45, 7) is 8.85. The quantitative estimate of drug-likeness (QED) is 0.867. The number of benzene rings is 1. The highest BCUT2D eigenvalue weighted by molar-refractivity contribution is 5.94. The Bertz CT molecular complexity index is 686. The molecule has 2 aromatic rings. The number of aryl methyl sites for hydroxylation is 1. The topological polar surface area (TPSA) is 34.6 Å². The van der Waals surface area contributed by atoms with E-state index in [1.165, 1.54) is 16.6 Å². The van der Waals surface area contributed by atoms with Gasteiger partial charge in [0.2, 0.25) is 0 Å². The molecule has 0 amide bonds. The SMILES string of the molecule is CCc1c(C)nc2ccccc2c1N1CC(C)OC(COC)C1. The highest BCUT2D eigenvalue weighted by Gasteiger charge is 2.28. The Hall–Kier alpha value is -1.65. The summed E-state index contributed by atoms with van der Waals surface area (Å²) in [6.07, 6.45) is 1.29. The molecule has 1 fully saturated rings. The van der Waals surface area contributed by atoms with Crippen LogP contribution in [0.5, 0.6) is 0 Å². The maximum atomic E-state index is 6.01. The first-order valence-corrected chi connectivity index (χ1v) is 8.41. The van der Waals surface area contributed by atoms with E-state index in [0.717, 1.165) is 30.7 Å². The molecular formula is C19H26N2O2. The van der Waals surface area contributed by atoms with Gasteiger partial charge in [-0.15, -0.1) is 0 Å². The number of rotatable bonds is 4. The molecule has 0 spiro atoms. The molecule has 0 radical (unpaired) electrons. The average molecular weight is 314 g/mol. The third-order valence-electron chi connectivity index (χ3n) is 4.52. The Kier molecular flexibility index (Phi) is 4.83. The van der Waals surface area contributed by atoms with Crippen molar-refractivity contribution in [2.45, 2.75) is 39.4 Å². The monoisotopic (exact) mass is 314 g/mol. The number of hydrogen-bond acceptors (Lipinski definition) is 4. The zero-order valence-corrected chi connectivity index (χ0v) is 14.5. The lowest BCUT2D eigenvalue weighted by Crippen LogP contribution is -2.48. The number of nitrogens with zero attached hydrogens (tertiary/aromatic N) is 2. The third-order valence-corrected chi connectivity index (χ3v) is 4.52. The van der Waals surface area contributed by atoms with Crippen LogP contribution in [0.1, 0.15) is 25.1 Å². The number of fused-ring (bicyclic) bond motifs is 1. The largest absolute Gasteiger partial charge is 0.382 e. The predicted molar refractivity (Wildman–Crippen MR) is 94.3 cm³/mol. The molecule has 124 valence electrons.